The van der Waals surface area contributed by atoms with Crippen LogP contribution in [0.2, 0.25) is 0 Å². The Bertz CT molecular complexity index is 1100. The summed E-state index contributed by atoms with van der Waals surface area (Å²) in [6.07, 6.45) is -0.720. The summed E-state index contributed by atoms with van der Waals surface area (Å²) in [6, 6.07) is 13.3. The van der Waals surface area contributed by atoms with Crippen molar-refractivity contribution in [2.24, 2.45) is 0 Å². The first-order valence-electron chi connectivity index (χ1n) is 10.9. The van der Waals surface area contributed by atoms with E-state index in [2.05, 4.69) is 0 Å². The molecule has 2 aliphatic rings. The van der Waals surface area contributed by atoms with E-state index in [0.717, 1.165) is 27.2 Å². The highest BCUT2D eigenvalue weighted by Crippen LogP contribution is 2.31. The number of β-amino-alcohol motifs (C(OH)–C–C–N with tert-alkyl or cyclic N) is 1. The predicted molar refractivity (Wildman–Crippen MR) is 122 cm³/mol. The molecule has 1 saturated heterocycles. The van der Waals surface area contributed by atoms with Gasteiger partial charge in [-0.25, -0.2) is 4.79 Å². The van der Waals surface area contributed by atoms with Crippen molar-refractivity contribution in [1.82, 2.24) is 14.7 Å². The standard InChI is InChI=1S/C25H29N3O5/c1-25(2)23(31)26(3)24(32)28(25)12-16-5-7-17(8-6-16)18-9-10-21-19(11-18)13-27(22(21)30)14-20(29)15-33-4/h5-11,20,29H,12-15H2,1-4H3. The molecule has 0 aliphatic carbocycles. The molecular formula is C25H29N3O5. The Kier molecular flexibility index (Phi) is 5.99. The van der Waals surface area contributed by atoms with E-state index in [0.29, 0.717) is 18.7 Å². The fraction of sp³-hybridized carbons (Fsp3) is 0.400. The first kappa shape index (κ1) is 22.9. The molecule has 2 heterocycles. The smallest absolute Gasteiger partial charge is 0.327 e. The number of carbonyl (C=O) groups is 3. The molecule has 1 N–H and O–H groups in total. The highest BCUT2D eigenvalue weighted by molar-refractivity contribution is 6.06. The van der Waals surface area contributed by atoms with E-state index in [1.165, 1.54) is 14.2 Å². The van der Waals surface area contributed by atoms with Crippen LogP contribution < -0.4 is 0 Å². The van der Waals surface area contributed by atoms with E-state index in [1.54, 1.807) is 23.6 Å². The lowest BCUT2D eigenvalue weighted by Gasteiger charge is -2.27. The molecule has 1 fully saturated rings. The van der Waals surface area contributed by atoms with Gasteiger partial charge in [0.1, 0.15) is 5.54 Å². The normalized spacial score (nSPS) is 18.3. The first-order chi connectivity index (χ1) is 15.6. The molecule has 1 unspecified atom stereocenters. The number of rotatable bonds is 7. The first-order valence-corrected chi connectivity index (χ1v) is 10.9. The van der Waals surface area contributed by atoms with Crippen LogP contribution in [-0.4, -0.2) is 76.6 Å². The van der Waals surface area contributed by atoms with Gasteiger partial charge in [0, 0.05) is 39.4 Å². The van der Waals surface area contributed by atoms with Crippen molar-refractivity contribution >= 4 is 17.8 Å². The molecule has 0 aromatic heterocycles. The molecule has 174 valence electrons. The van der Waals surface area contributed by atoms with Crippen molar-refractivity contribution in [2.75, 3.05) is 27.3 Å². The summed E-state index contributed by atoms with van der Waals surface area (Å²) < 4.78 is 4.95. The summed E-state index contributed by atoms with van der Waals surface area (Å²) in [5.41, 5.74) is 3.62. The zero-order chi connectivity index (χ0) is 23.9. The van der Waals surface area contributed by atoms with E-state index in [1.807, 2.05) is 42.5 Å². The number of ether oxygens (including phenoxy) is 1. The largest absolute Gasteiger partial charge is 0.389 e. The van der Waals surface area contributed by atoms with Gasteiger partial charge < -0.3 is 19.6 Å². The lowest BCUT2D eigenvalue weighted by molar-refractivity contribution is -0.131. The van der Waals surface area contributed by atoms with Gasteiger partial charge in [0.25, 0.3) is 11.8 Å². The van der Waals surface area contributed by atoms with Crippen LogP contribution in [0.15, 0.2) is 42.5 Å². The van der Waals surface area contributed by atoms with Gasteiger partial charge in [-0.05, 0) is 48.2 Å². The zero-order valence-electron chi connectivity index (χ0n) is 19.4. The molecule has 1 atom stereocenters. The number of benzene rings is 2. The Hall–Kier alpha value is -3.23. The Morgan fingerprint density at radius 2 is 1.73 bits per heavy atom. The summed E-state index contributed by atoms with van der Waals surface area (Å²) in [5.74, 6) is -0.292. The van der Waals surface area contributed by atoms with Crippen molar-refractivity contribution in [3.8, 4) is 11.1 Å². The Morgan fingerprint density at radius 3 is 2.33 bits per heavy atom. The Balaban J connectivity index is 1.48. The molecule has 4 amide bonds. The van der Waals surface area contributed by atoms with Crippen LogP contribution >= 0.6 is 0 Å². The molecule has 8 nitrogen and oxygen atoms in total. The molecule has 0 saturated carbocycles. The van der Waals surface area contributed by atoms with Crippen molar-refractivity contribution in [3.05, 3.63) is 59.2 Å². The SMILES string of the molecule is COCC(O)CN1Cc2cc(-c3ccc(CN4C(=O)N(C)C(=O)C4(C)C)cc3)ccc2C1=O. The van der Waals surface area contributed by atoms with Crippen molar-refractivity contribution in [3.63, 3.8) is 0 Å². The van der Waals surface area contributed by atoms with Crippen LogP contribution in [0.25, 0.3) is 11.1 Å². The average Bonchev–Trinajstić information content (AvgIpc) is 3.16. The topological polar surface area (TPSA) is 90.4 Å². The molecule has 0 radical (unpaired) electrons. The molecule has 2 aliphatic heterocycles. The van der Waals surface area contributed by atoms with Crippen molar-refractivity contribution in [1.29, 1.82) is 0 Å². The second-order valence-electron chi connectivity index (χ2n) is 9.16. The van der Waals surface area contributed by atoms with E-state index >= 15 is 0 Å². The number of aliphatic hydroxyl groups excluding tert-OH is 1. The van der Waals surface area contributed by atoms with E-state index < -0.39 is 11.6 Å². The minimum atomic E-state index is -0.875. The summed E-state index contributed by atoms with van der Waals surface area (Å²) in [4.78, 5) is 41.8. The van der Waals surface area contributed by atoms with Crippen molar-refractivity contribution in [2.45, 2.75) is 38.6 Å². The molecular weight excluding hydrogens is 422 g/mol. The number of likely N-dealkylation sites (N-methyl/N-ethyl adjacent to an activating group) is 1. The molecule has 0 bridgehead atoms. The quantitative estimate of drug-likeness (QED) is 0.654. The second-order valence-corrected chi connectivity index (χ2v) is 9.16. The minimum absolute atomic E-state index is 0.0838. The highest BCUT2D eigenvalue weighted by atomic mass is 16.5. The number of imide groups is 1. The predicted octanol–water partition coefficient (Wildman–Crippen LogP) is 2.49. The van der Waals surface area contributed by atoms with Crippen LogP contribution in [0.4, 0.5) is 4.79 Å². The highest BCUT2D eigenvalue weighted by Gasteiger charge is 2.49. The maximum absolute atomic E-state index is 12.6. The summed E-state index contributed by atoms with van der Waals surface area (Å²) in [6.45, 7) is 4.73. The zero-order valence-corrected chi connectivity index (χ0v) is 19.4. The summed E-state index contributed by atoms with van der Waals surface area (Å²) in [7, 11) is 3.02. The molecule has 2 aromatic carbocycles. The fourth-order valence-corrected chi connectivity index (χ4v) is 4.49. The van der Waals surface area contributed by atoms with E-state index in [9.17, 15) is 19.5 Å². The third kappa shape index (κ3) is 4.12. The second kappa shape index (κ2) is 8.61. The molecule has 33 heavy (non-hydrogen) atoms. The number of methoxy groups -OCH3 is 1. The maximum Gasteiger partial charge on any atom is 0.327 e. The summed E-state index contributed by atoms with van der Waals surface area (Å²) in [5, 5.41) is 9.98. The average molecular weight is 452 g/mol. The van der Waals surface area contributed by atoms with E-state index in [-0.39, 0.29) is 31.0 Å². The maximum atomic E-state index is 12.6. The number of carbonyl (C=O) groups excluding carboxylic acids is 3. The molecule has 0 spiro atoms. The lowest BCUT2D eigenvalue weighted by atomic mass is 9.99. The monoisotopic (exact) mass is 451 g/mol. The number of fused-ring (bicyclic) bond motifs is 1. The van der Waals surface area contributed by atoms with Gasteiger partial charge in [-0.2, -0.15) is 0 Å². The Labute approximate surface area is 193 Å². The van der Waals surface area contributed by atoms with Gasteiger partial charge in [-0.1, -0.05) is 30.3 Å². The minimum Gasteiger partial charge on any atom is -0.389 e. The fourth-order valence-electron chi connectivity index (χ4n) is 4.49. The van der Waals surface area contributed by atoms with Gasteiger partial charge in [0.05, 0.1) is 12.7 Å². The van der Waals surface area contributed by atoms with Gasteiger partial charge in [-0.3, -0.25) is 14.5 Å². The number of hydrogen-bond donors (Lipinski definition) is 1. The number of nitrogens with zero attached hydrogens (tertiary/aromatic N) is 3. The molecule has 8 heteroatoms. The number of aliphatic hydroxyl groups is 1. The van der Waals surface area contributed by atoms with E-state index in [4.69, 9.17) is 4.74 Å². The van der Waals surface area contributed by atoms with Gasteiger partial charge >= 0.3 is 6.03 Å². The van der Waals surface area contributed by atoms with Crippen LogP contribution in [0, 0.1) is 0 Å². The van der Waals surface area contributed by atoms with Gasteiger partial charge in [0.15, 0.2) is 0 Å². The summed E-state index contributed by atoms with van der Waals surface area (Å²) >= 11 is 0. The van der Waals surface area contributed by atoms with Crippen LogP contribution in [0.1, 0.15) is 35.3 Å². The molecule has 2 aromatic rings. The van der Waals surface area contributed by atoms with Crippen LogP contribution in [0.3, 0.4) is 0 Å². The van der Waals surface area contributed by atoms with Gasteiger partial charge in [0.2, 0.25) is 0 Å². The lowest BCUT2D eigenvalue weighted by Crippen LogP contribution is -2.43. The third-order valence-corrected chi connectivity index (χ3v) is 6.42. The Morgan fingerprint density at radius 1 is 1.06 bits per heavy atom. The number of amides is 4. The number of urea groups is 1. The third-order valence-electron chi connectivity index (χ3n) is 6.42. The number of hydrogen-bond acceptors (Lipinski definition) is 5. The van der Waals surface area contributed by atoms with Crippen LogP contribution in [-0.2, 0) is 22.6 Å². The molecule has 4 rings (SSSR count). The van der Waals surface area contributed by atoms with Crippen LogP contribution in [0.5, 0.6) is 0 Å². The van der Waals surface area contributed by atoms with Gasteiger partial charge in [-0.15, -0.1) is 0 Å². The van der Waals surface area contributed by atoms with Crippen molar-refractivity contribution < 1.29 is 24.2 Å².